The third-order valence-corrected chi connectivity index (χ3v) is 3.82. The van der Waals surface area contributed by atoms with Crippen LogP contribution in [-0.2, 0) is 4.79 Å². The van der Waals surface area contributed by atoms with Gasteiger partial charge in [-0.2, -0.15) is 0 Å². The van der Waals surface area contributed by atoms with Crippen LogP contribution in [-0.4, -0.2) is 23.9 Å². The summed E-state index contributed by atoms with van der Waals surface area (Å²) in [5, 5.41) is 0. The first-order valence-corrected chi connectivity index (χ1v) is 6.93. The van der Waals surface area contributed by atoms with E-state index in [1.165, 1.54) is 32.1 Å². The molecule has 0 atom stereocenters. The molecular formula is C14H27NO. The van der Waals surface area contributed by atoms with E-state index < -0.39 is 0 Å². The fourth-order valence-electron chi connectivity index (χ4n) is 2.37. The average Bonchev–Trinajstić information content (AvgIpc) is 2.21. The Morgan fingerprint density at radius 3 is 1.94 bits per heavy atom. The molecule has 1 fully saturated rings. The second-order valence-corrected chi connectivity index (χ2v) is 5.41. The Kier molecular flexibility index (Phi) is 5.30. The first kappa shape index (κ1) is 13.5. The number of carbonyl (C=O) groups excluding carboxylic acids is 1. The molecule has 0 N–H and O–H groups in total. The molecule has 0 radical (unpaired) electrons. The summed E-state index contributed by atoms with van der Waals surface area (Å²) in [5.41, 5.74) is -0.0769. The Labute approximate surface area is 100 Å². The van der Waals surface area contributed by atoms with Crippen molar-refractivity contribution in [1.29, 1.82) is 0 Å². The summed E-state index contributed by atoms with van der Waals surface area (Å²) in [6, 6.07) is 0. The van der Waals surface area contributed by atoms with Crippen molar-refractivity contribution >= 4 is 5.91 Å². The van der Waals surface area contributed by atoms with Gasteiger partial charge in [-0.05, 0) is 19.3 Å². The molecule has 1 heterocycles. The summed E-state index contributed by atoms with van der Waals surface area (Å²) in [5.74, 6) is 0.417. The smallest absolute Gasteiger partial charge is 0.228 e. The Morgan fingerprint density at radius 1 is 1.12 bits per heavy atom. The van der Waals surface area contributed by atoms with Gasteiger partial charge in [-0.25, -0.2) is 0 Å². The molecule has 2 heteroatoms. The molecule has 0 saturated carbocycles. The van der Waals surface area contributed by atoms with Crippen LogP contribution < -0.4 is 0 Å². The van der Waals surface area contributed by atoms with E-state index in [9.17, 15) is 4.79 Å². The van der Waals surface area contributed by atoms with Gasteiger partial charge in [-0.15, -0.1) is 0 Å². The molecule has 0 aromatic carbocycles. The maximum absolute atomic E-state index is 12.4. The second kappa shape index (κ2) is 6.27. The monoisotopic (exact) mass is 225 g/mol. The Balaban J connectivity index is 2.55. The summed E-state index contributed by atoms with van der Waals surface area (Å²) in [6.07, 6.45) is 8.07. The van der Waals surface area contributed by atoms with E-state index in [4.69, 9.17) is 0 Å². The fraction of sp³-hybridized carbons (Fsp3) is 0.929. The standard InChI is InChI=1S/C14H27NO/c1-4-6-9-14(3,10-7-5-2)13(16)15-11-8-12-15/h4-12H2,1-3H3. The van der Waals surface area contributed by atoms with Crippen molar-refractivity contribution in [1.82, 2.24) is 4.90 Å². The summed E-state index contributed by atoms with van der Waals surface area (Å²) in [7, 11) is 0. The zero-order chi connectivity index (χ0) is 12.0. The Hall–Kier alpha value is -0.530. The molecule has 1 aliphatic rings. The lowest BCUT2D eigenvalue weighted by Crippen LogP contribution is -2.49. The van der Waals surface area contributed by atoms with E-state index >= 15 is 0 Å². The minimum Gasteiger partial charge on any atom is -0.342 e. The molecule has 0 bridgehead atoms. The predicted molar refractivity (Wildman–Crippen MR) is 68.4 cm³/mol. The lowest BCUT2D eigenvalue weighted by atomic mass is 9.78. The molecule has 0 spiro atoms. The zero-order valence-corrected chi connectivity index (χ0v) is 11.2. The van der Waals surface area contributed by atoms with Crippen molar-refractivity contribution in [2.45, 2.75) is 65.7 Å². The predicted octanol–water partition coefficient (Wildman–Crippen LogP) is 3.61. The fourth-order valence-corrected chi connectivity index (χ4v) is 2.37. The van der Waals surface area contributed by atoms with E-state index in [2.05, 4.69) is 20.8 Å². The van der Waals surface area contributed by atoms with Gasteiger partial charge in [0.15, 0.2) is 0 Å². The molecule has 2 nitrogen and oxygen atoms in total. The maximum atomic E-state index is 12.4. The lowest BCUT2D eigenvalue weighted by Gasteiger charge is -2.39. The summed E-state index contributed by atoms with van der Waals surface area (Å²) < 4.78 is 0. The van der Waals surface area contributed by atoms with Gasteiger partial charge < -0.3 is 4.90 Å². The van der Waals surface area contributed by atoms with Crippen LogP contribution in [0.3, 0.4) is 0 Å². The molecule has 1 saturated heterocycles. The van der Waals surface area contributed by atoms with Gasteiger partial charge in [-0.3, -0.25) is 4.79 Å². The van der Waals surface area contributed by atoms with Crippen LogP contribution in [0.25, 0.3) is 0 Å². The van der Waals surface area contributed by atoms with Gasteiger partial charge in [0, 0.05) is 18.5 Å². The quantitative estimate of drug-likeness (QED) is 0.648. The topological polar surface area (TPSA) is 20.3 Å². The molecule has 1 aliphatic heterocycles. The van der Waals surface area contributed by atoms with Gasteiger partial charge in [0.1, 0.15) is 0 Å². The van der Waals surface area contributed by atoms with Crippen LogP contribution in [0.4, 0.5) is 0 Å². The SMILES string of the molecule is CCCCC(C)(CCCC)C(=O)N1CCC1. The largest absolute Gasteiger partial charge is 0.342 e. The average molecular weight is 225 g/mol. The molecule has 1 amide bonds. The molecule has 1 rings (SSSR count). The van der Waals surface area contributed by atoms with Crippen LogP contribution >= 0.6 is 0 Å². The van der Waals surface area contributed by atoms with Crippen molar-refractivity contribution in [3.8, 4) is 0 Å². The number of hydrogen-bond donors (Lipinski definition) is 0. The molecule has 0 aliphatic carbocycles. The Bertz CT molecular complexity index is 213. The highest BCUT2D eigenvalue weighted by molar-refractivity contribution is 5.82. The lowest BCUT2D eigenvalue weighted by molar-refractivity contribution is -0.146. The summed E-state index contributed by atoms with van der Waals surface area (Å²) in [6.45, 7) is 8.57. The molecule has 0 aromatic heterocycles. The number of hydrogen-bond acceptors (Lipinski definition) is 1. The first-order valence-electron chi connectivity index (χ1n) is 6.93. The van der Waals surface area contributed by atoms with Crippen LogP contribution in [0.1, 0.15) is 65.7 Å². The zero-order valence-electron chi connectivity index (χ0n) is 11.2. The van der Waals surface area contributed by atoms with E-state index in [0.29, 0.717) is 5.91 Å². The van der Waals surface area contributed by atoms with E-state index in [1.54, 1.807) is 0 Å². The maximum Gasteiger partial charge on any atom is 0.228 e. The van der Waals surface area contributed by atoms with E-state index in [1.807, 2.05) is 4.90 Å². The number of carbonyl (C=O) groups is 1. The van der Waals surface area contributed by atoms with Crippen LogP contribution in [0.15, 0.2) is 0 Å². The van der Waals surface area contributed by atoms with Gasteiger partial charge in [0.25, 0.3) is 0 Å². The minimum atomic E-state index is -0.0769. The van der Waals surface area contributed by atoms with E-state index in [-0.39, 0.29) is 5.41 Å². The van der Waals surface area contributed by atoms with Crippen molar-refractivity contribution in [3.05, 3.63) is 0 Å². The van der Waals surface area contributed by atoms with Crippen LogP contribution in [0, 0.1) is 5.41 Å². The summed E-state index contributed by atoms with van der Waals surface area (Å²) in [4.78, 5) is 14.4. The number of amides is 1. The molecule has 94 valence electrons. The van der Waals surface area contributed by atoms with Gasteiger partial charge in [0.05, 0.1) is 0 Å². The van der Waals surface area contributed by atoms with Gasteiger partial charge >= 0.3 is 0 Å². The first-order chi connectivity index (χ1) is 7.64. The van der Waals surface area contributed by atoms with Crippen molar-refractivity contribution in [3.63, 3.8) is 0 Å². The van der Waals surface area contributed by atoms with Crippen LogP contribution in [0.2, 0.25) is 0 Å². The number of likely N-dealkylation sites (tertiary alicyclic amines) is 1. The molecule has 16 heavy (non-hydrogen) atoms. The third kappa shape index (κ3) is 3.23. The molecular weight excluding hydrogens is 198 g/mol. The number of unbranched alkanes of at least 4 members (excludes halogenated alkanes) is 2. The van der Waals surface area contributed by atoms with E-state index in [0.717, 1.165) is 25.9 Å². The number of rotatable bonds is 7. The highest BCUT2D eigenvalue weighted by atomic mass is 16.2. The third-order valence-electron chi connectivity index (χ3n) is 3.82. The van der Waals surface area contributed by atoms with Gasteiger partial charge in [-0.1, -0.05) is 46.5 Å². The van der Waals surface area contributed by atoms with Crippen molar-refractivity contribution in [2.75, 3.05) is 13.1 Å². The highest BCUT2D eigenvalue weighted by Gasteiger charge is 2.37. The van der Waals surface area contributed by atoms with Crippen molar-refractivity contribution < 1.29 is 4.79 Å². The summed E-state index contributed by atoms with van der Waals surface area (Å²) >= 11 is 0. The second-order valence-electron chi connectivity index (χ2n) is 5.41. The highest BCUT2D eigenvalue weighted by Crippen LogP contribution is 2.34. The van der Waals surface area contributed by atoms with Gasteiger partial charge in [0.2, 0.25) is 5.91 Å². The molecule has 0 unspecified atom stereocenters. The van der Waals surface area contributed by atoms with Crippen molar-refractivity contribution in [2.24, 2.45) is 5.41 Å². The number of nitrogens with zero attached hydrogens (tertiary/aromatic N) is 1. The minimum absolute atomic E-state index is 0.0769. The molecule has 0 aromatic rings. The normalized spacial score (nSPS) is 16.1. The van der Waals surface area contributed by atoms with Crippen LogP contribution in [0.5, 0.6) is 0 Å². The Morgan fingerprint density at radius 2 is 1.62 bits per heavy atom.